The van der Waals surface area contributed by atoms with Crippen molar-refractivity contribution >= 4 is 40.5 Å². The van der Waals surface area contributed by atoms with Crippen LogP contribution in [0.1, 0.15) is 15.9 Å². The molecule has 0 radical (unpaired) electrons. The van der Waals surface area contributed by atoms with Crippen LogP contribution in [0.4, 0.5) is 11.4 Å². The van der Waals surface area contributed by atoms with Crippen LogP contribution >= 0.6 is 23.2 Å². The van der Waals surface area contributed by atoms with Gasteiger partial charge >= 0.3 is 0 Å². The van der Waals surface area contributed by atoms with Crippen molar-refractivity contribution in [1.29, 1.82) is 0 Å². The maximum absolute atomic E-state index is 12.5. The third kappa shape index (κ3) is 4.23. The molecular formula is C15H11Cl2N3O5. The Balaban J connectivity index is 2.25. The molecular weight excluding hydrogens is 373 g/mol. The molecule has 0 saturated carbocycles. The maximum atomic E-state index is 12.5. The first kappa shape index (κ1) is 18.6. The van der Waals surface area contributed by atoms with Gasteiger partial charge in [-0.1, -0.05) is 23.2 Å². The summed E-state index contributed by atoms with van der Waals surface area (Å²) in [5.41, 5.74) is 0.0978. The van der Waals surface area contributed by atoms with Crippen molar-refractivity contribution in [3.05, 3.63) is 77.8 Å². The second-order valence-electron chi connectivity index (χ2n) is 5.12. The molecule has 2 aromatic carbocycles. The van der Waals surface area contributed by atoms with E-state index >= 15 is 0 Å². The van der Waals surface area contributed by atoms with Crippen molar-refractivity contribution in [3.8, 4) is 0 Å². The molecule has 0 aliphatic rings. The number of carbonyl (C=O) groups is 1. The van der Waals surface area contributed by atoms with Crippen LogP contribution in [0.25, 0.3) is 0 Å². The number of carbonyl (C=O) groups excluding carboxylic acids is 1. The minimum atomic E-state index is -0.618. The summed E-state index contributed by atoms with van der Waals surface area (Å²) >= 11 is 12.0. The summed E-state index contributed by atoms with van der Waals surface area (Å²) in [7, 11) is 1.47. The van der Waals surface area contributed by atoms with Gasteiger partial charge in [0.05, 0.1) is 20.4 Å². The predicted molar refractivity (Wildman–Crippen MR) is 92.0 cm³/mol. The minimum Gasteiger partial charge on any atom is -0.337 e. The van der Waals surface area contributed by atoms with Gasteiger partial charge in [0.1, 0.15) is 0 Å². The molecule has 10 heteroatoms. The summed E-state index contributed by atoms with van der Waals surface area (Å²) in [6.45, 7) is 0.00661. The molecule has 2 rings (SSSR count). The molecule has 0 aliphatic carbocycles. The van der Waals surface area contributed by atoms with Crippen molar-refractivity contribution < 1.29 is 14.6 Å². The van der Waals surface area contributed by atoms with Crippen LogP contribution in [0.3, 0.4) is 0 Å². The Labute approximate surface area is 151 Å². The highest BCUT2D eigenvalue weighted by Gasteiger charge is 2.20. The molecule has 0 aliphatic heterocycles. The quantitative estimate of drug-likeness (QED) is 0.570. The third-order valence-corrected chi connectivity index (χ3v) is 4.07. The van der Waals surface area contributed by atoms with E-state index in [0.717, 1.165) is 6.07 Å². The van der Waals surface area contributed by atoms with Gasteiger partial charge in [-0.3, -0.25) is 25.0 Å². The molecule has 0 N–H and O–H groups in total. The highest BCUT2D eigenvalue weighted by Crippen LogP contribution is 2.26. The molecule has 0 unspecified atom stereocenters. The van der Waals surface area contributed by atoms with Crippen LogP contribution in [-0.2, 0) is 6.54 Å². The molecule has 0 bridgehead atoms. The average molecular weight is 384 g/mol. The third-order valence-electron chi connectivity index (χ3n) is 3.39. The monoisotopic (exact) mass is 383 g/mol. The second kappa shape index (κ2) is 7.45. The van der Waals surface area contributed by atoms with E-state index in [9.17, 15) is 25.0 Å². The van der Waals surface area contributed by atoms with Crippen molar-refractivity contribution in [2.75, 3.05) is 7.05 Å². The van der Waals surface area contributed by atoms with Crippen molar-refractivity contribution in [2.45, 2.75) is 6.54 Å². The summed E-state index contributed by atoms with van der Waals surface area (Å²) in [6.07, 6.45) is 0. The van der Waals surface area contributed by atoms with E-state index in [4.69, 9.17) is 23.2 Å². The highest BCUT2D eigenvalue weighted by molar-refractivity contribution is 6.34. The van der Waals surface area contributed by atoms with Gasteiger partial charge in [0.2, 0.25) is 0 Å². The van der Waals surface area contributed by atoms with Gasteiger partial charge in [0.15, 0.2) is 0 Å². The average Bonchev–Trinajstić information content (AvgIpc) is 2.55. The van der Waals surface area contributed by atoms with Crippen LogP contribution in [0, 0.1) is 20.2 Å². The summed E-state index contributed by atoms with van der Waals surface area (Å²) in [5, 5.41) is 21.8. The summed E-state index contributed by atoms with van der Waals surface area (Å²) < 4.78 is 0. The van der Waals surface area contributed by atoms with Crippen LogP contribution < -0.4 is 0 Å². The van der Waals surface area contributed by atoms with Gasteiger partial charge in [-0.05, 0) is 17.7 Å². The molecule has 25 heavy (non-hydrogen) atoms. The standard InChI is InChI=1S/C15H11Cl2N3O5/c1-18(8-9-6-10(19(22)23)3-5-13(9)16)15(21)12-4-2-11(20(24)25)7-14(12)17/h2-7H,8H2,1H3. The fourth-order valence-electron chi connectivity index (χ4n) is 2.12. The number of nitrogens with zero attached hydrogens (tertiary/aromatic N) is 3. The SMILES string of the molecule is CN(Cc1cc([N+](=O)[O-])ccc1Cl)C(=O)c1ccc([N+](=O)[O-])cc1Cl. The van der Waals surface area contributed by atoms with Gasteiger partial charge < -0.3 is 4.90 Å². The number of amides is 1. The molecule has 0 atom stereocenters. The Hall–Kier alpha value is -2.71. The molecule has 8 nitrogen and oxygen atoms in total. The Morgan fingerprint density at radius 2 is 1.56 bits per heavy atom. The Bertz CT molecular complexity index is 872. The Kier molecular flexibility index (Phi) is 5.55. The maximum Gasteiger partial charge on any atom is 0.270 e. The highest BCUT2D eigenvalue weighted by atomic mass is 35.5. The van der Waals surface area contributed by atoms with Gasteiger partial charge in [-0.15, -0.1) is 0 Å². The van der Waals surface area contributed by atoms with Crippen LogP contribution in [-0.4, -0.2) is 27.7 Å². The lowest BCUT2D eigenvalue weighted by Crippen LogP contribution is -2.26. The zero-order valence-electron chi connectivity index (χ0n) is 12.8. The van der Waals surface area contributed by atoms with Crippen LogP contribution in [0.2, 0.25) is 10.0 Å². The van der Waals surface area contributed by atoms with E-state index in [0.29, 0.717) is 5.56 Å². The molecule has 0 saturated heterocycles. The first-order chi connectivity index (χ1) is 11.7. The van der Waals surface area contributed by atoms with Gasteiger partial charge in [-0.2, -0.15) is 0 Å². The number of halogens is 2. The molecule has 0 spiro atoms. The number of hydrogen-bond donors (Lipinski definition) is 0. The van der Waals surface area contributed by atoms with E-state index in [1.54, 1.807) is 0 Å². The summed E-state index contributed by atoms with van der Waals surface area (Å²) in [5.74, 6) is -0.498. The smallest absolute Gasteiger partial charge is 0.270 e. The predicted octanol–water partition coefficient (Wildman–Crippen LogP) is 4.08. The largest absolute Gasteiger partial charge is 0.337 e. The molecule has 1 amide bonds. The van der Waals surface area contributed by atoms with Crippen molar-refractivity contribution in [1.82, 2.24) is 4.90 Å². The lowest BCUT2D eigenvalue weighted by atomic mass is 10.1. The van der Waals surface area contributed by atoms with Gasteiger partial charge in [-0.25, -0.2) is 0 Å². The number of rotatable bonds is 5. The first-order valence-electron chi connectivity index (χ1n) is 6.83. The van der Waals surface area contributed by atoms with E-state index < -0.39 is 15.8 Å². The molecule has 0 aromatic heterocycles. The fraction of sp³-hybridized carbons (Fsp3) is 0.133. The minimum absolute atomic E-state index is 0.00661. The van der Waals surface area contributed by atoms with Gasteiger partial charge in [0.25, 0.3) is 17.3 Å². The molecule has 2 aromatic rings. The number of hydrogen-bond acceptors (Lipinski definition) is 5. The zero-order valence-corrected chi connectivity index (χ0v) is 14.3. The van der Waals surface area contributed by atoms with Crippen molar-refractivity contribution in [3.63, 3.8) is 0 Å². The van der Waals surface area contributed by atoms with Crippen LogP contribution in [0.15, 0.2) is 36.4 Å². The fourth-order valence-corrected chi connectivity index (χ4v) is 2.55. The Morgan fingerprint density at radius 1 is 1.00 bits per heavy atom. The van der Waals surface area contributed by atoms with E-state index in [1.807, 2.05) is 0 Å². The molecule has 0 fully saturated rings. The topological polar surface area (TPSA) is 107 Å². The normalized spacial score (nSPS) is 10.4. The van der Waals surface area contributed by atoms with Crippen molar-refractivity contribution in [2.24, 2.45) is 0 Å². The second-order valence-corrected chi connectivity index (χ2v) is 5.93. The lowest BCUT2D eigenvalue weighted by molar-refractivity contribution is -0.385. The Morgan fingerprint density at radius 3 is 2.12 bits per heavy atom. The molecule has 0 heterocycles. The number of nitro groups is 2. The number of nitro benzene ring substituents is 2. The molecule has 130 valence electrons. The zero-order chi connectivity index (χ0) is 18.7. The summed E-state index contributed by atoms with van der Waals surface area (Å²) in [4.78, 5) is 34.1. The summed E-state index contributed by atoms with van der Waals surface area (Å²) in [6, 6.07) is 7.45. The number of benzene rings is 2. The van der Waals surface area contributed by atoms with E-state index in [-0.39, 0.29) is 33.5 Å². The van der Waals surface area contributed by atoms with E-state index in [2.05, 4.69) is 0 Å². The van der Waals surface area contributed by atoms with Crippen LogP contribution in [0.5, 0.6) is 0 Å². The first-order valence-corrected chi connectivity index (χ1v) is 7.58. The van der Waals surface area contributed by atoms with Gasteiger partial charge in [0, 0.05) is 42.9 Å². The lowest BCUT2D eigenvalue weighted by Gasteiger charge is -2.18. The number of non-ortho nitro benzene ring substituents is 2. The van der Waals surface area contributed by atoms with E-state index in [1.165, 1.54) is 42.3 Å².